The van der Waals surface area contributed by atoms with Crippen molar-refractivity contribution in [2.24, 2.45) is 0 Å². The van der Waals surface area contributed by atoms with Crippen LogP contribution in [0.4, 0.5) is 5.69 Å². The molecule has 1 aromatic carbocycles. The molecule has 28 heavy (non-hydrogen) atoms. The molecular weight excluding hydrogens is 370 g/mol. The lowest BCUT2D eigenvalue weighted by atomic mass is 9.92. The summed E-state index contributed by atoms with van der Waals surface area (Å²) in [5.74, 6) is -0.129. The zero-order chi connectivity index (χ0) is 19.5. The summed E-state index contributed by atoms with van der Waals surface area (Å²) in [6.07, 6.45) is 5.11. The first-order chi connectivity index (χ1) is 13.6. The van der Waals surface area contributed by atoms with Gasteiger partial charge >= 0.3 is 0 Å². The molecule has 5 nitrogen and oxygen atoms in total. The SMILES string of the molecule is Cc1ccc(C(=O)N[C@H]2CCCC[C@@H]2O)cc1NCc1cnc2ccsc2c1. The van der Waals surface area contributed by atoms with Crippen molar-refractivity contribution < 1.29 is 9.90 Å². The summed E-state index contributed by atoms with van der Waals surface area (Å²) >= 11 is 1.69. The maximum absolute atomic E-state index is 12.7. The quantitative estimate of drug-likeness (QED) is 0.604. The lowest BCUT2D eigenvalue weighted by Crippen LogP contribution is -2.45. The Bertz CT molecular complexity index is 985. The highest BCUT2D eigenvalue weighted by Gasteiger charge is 2.25. The molecule has 2 heterocycles. The van der Waals surface area contributed by atoms with Crippen LogP contribution in [0, 0.1) is 6.92 Å². The predicted molar refractivity (Wildman–Crippen MR) is 114 cm³/mol. The standard InChI is InChI=1S/C22H25N3O2S/c1-14-6-7-16(22(27)25-17-4-2-3-5-20(17)26)11-19(14)24-13-15-10-21-18(23-12-15)8-9-28-21/h6-12,17,20,24,26H,2-5,13H2,1H3,(H,25,27)/t17-,20-/m0/s1. The second-order valence-electron chi connectivity index (χ2n) is 7.46. The second-order valence-corrected chi connectivity index (χ2v) is 8.41. The zero-order valence-corrected chi connectivity index (χ0v) is 16.8. The molecule has 2 aromatic heterocycles. The maximum atomic E-state index is 12.7. The fourth-order valence-electron chi connectivity index (χ4n) is 3.67. The lowest BCUT2D eigenvalue weighted by Gasteiger charge is -2.28. The molecule has 1 aliphatic carbocycles. The van der Waals surface area contributed by atoms with Gasteiger partial charge in [0.15, 0.2) is 0 Å². The molecule has 0 spiro atoms. The van der Waals surface area contributed by atoms with Gasteiger partial charge in [-0.3, -0.25) is 9.78 Å². The third-order valence-corrected chi connectivity index (χ3v) is 6.24. The van der Waals surface area contributed by atoms with Gasteiger partial charge in [-0.05, 0) is 60.5 Å². The molecule has 1 amide bonds. The van der Waals surface area contributed by atoms with Crippen LogP contribution in [0.3, 0.4) is 0 Å². The Balaban J connectivity index is 1.44. The van der Waals surface area contributed by atoms with Gasteiger partial charge in [0.1, 0.15) is 0 Å². The van der Waals surface area contributed by atoms with E-state index in [2.05, 4.69) is 21.7 Å². The Morgan fingerprint density at radius 2 is 2.11 bits per heavy atom. The molecule has 0 bridgehead atoms. The fourth-order valence-corrected chi connectivity index (χ4v) is 4.47. The third kappa shape index (κ3) is 4.18. The van der Waals surface area contributed by atoms with Crippen molar-refractivity contribution in [3.05, 3.63) is 58.6 Å². The van der Waals surface area contributed by atoms with E-state index in [1.807, 2.05) is 42.8 Å². The minimum atomic E-state index is -0.444. The highest BCUT2D eigenvalue weighted by atomic mass is 32.1. The number of carbonyl (C=O) groups excluding carboxylic acids is 1. The smallest absolute Gasteiger partial charge is 0.251 e. The van der Waals surface area contributed by atoms with Crippen molar-refractivity contribution in [2.75, 3.05) is 5.32 Å². The number of hydrogen-bond acceptors (Lipinski definition) is 5. The van der Waals surface area contributed by atoms with E-state index in [-0.39, 0.29) is 11.9 Å². The number of nitrogens with one attached hydrogen (secondary N) is 2. The number of fused-ring (bicyclic) bond motifs is 1. The van der Waals surface area contributed by atoms with Gasteiger partial charge in [0.05, 0.1) is 22.4 Å². The first kappa shape index (κ1) is 18.9. The van der Waals surface area contributed by atoms with Gasteiger partial charge in [-0.1, -0.05) is 18.9 Å². The van der Waals surface area contributed by atoms with Crippen LogP contribution in [0.5, 0.6) is 0 Å². The number of carbonyl (C=O) groups is 1. The Kier molecular flexibility index (Phi) is 5.59. The molecule has 0 saturated heterocycles. The Morgan fingerprint density at radius 1 is 1.25 bits per heavy atom. The normalized spacial score (nSPS) is 19.5. The van der Waals surface area contributed by atoms with E-state index in [4.69, 9.17) is 0 Å². The molecule has 1 aliphatic rings. The van der Waals surface area contributed by atoms with Gasteiger partial charge in [0, 0.05) is 24.0 Å². The zero-order valence-electron chi connectivity index (χ0n) is 15.9. The molecule has 6 heteroatoms. The molecule has 3 aromatic rings. The molecule has 1 fully saturated rings. The summed E-state index contributed by atoms with van der Waals surface area (Å²) in [5, 5.41) is 18.6. The number of anilines is 1. The molecule has 2 atom stereocenters. The molecule has 3 N–H and O–H groups in total. The van der Waals surface area contributed by atoms with Crippen LogP contribution in [0.2, 0.25) is 0 Å². The summed E-state index contributed by atoms with van der Waals surface area (Å²) in [7, 11) is 0. The number of hydrogen-bond donors (Lipinski definition) is 3. The van der Waals surface area contributed by atoms with Gasteiger partial charge in [0.2, 0.25) is 0 Å². The van der Waals surface area contributed by atoms with Gasteiger partial charge in [-0.2, -0.15) is 0 Å². The summed E-state index contributed by atoms with van der Waals surface area (Å²) in [5.41, 5.74) is 4.75. The average Bonchev–Trinajstić information content (AvgIpc) is 3.17. The number of pyridine rings is 1. The fraction of sp³-hybridized carbons (Fsp3) is 0.364. The summed E-state index contributed by atoms with van der Waals surface area (Å²) in [6, 6.07) is 9.70. The van der Waals surface area contributed by atoms with Gasteiger partial charge in [-0.25, -0.2) is 0 Å². The van der Waals surface area contributed by atoms with Crippen molar-refractivity contribution in [2.45, 2.75) is 51.3 Å². The molecule has 4 rings (SSSR count). The van der Waals surface area contributed by atoms with Crippen LogP contribution < -0.4 is 10.6 Å². The summed E-state index contributed by atoms with van der Waals surface area (Å²) in [4.78, 5) is 17.1. The molecule has 0 radical (unpaired) electrons. The minimum Gasteiger partial charge on any atom is -0.391 e. The number of aliphatic hydroxyl groups excluding tert-OH is 1. The van der Waals surface area contributed by atoms with Crippen LogP contribution in [0.25, 0.3) is 10.2 Å². The van der Waals surface area contributed by atoms with Gasteiger partial charge < -0.3 is 15.7 Å². The number of benzene rings is 1. The van der Waals surface area contributed by atoms with E-state index in [1.54, 1.807) is 11.3 Å². The van der Waals surface area contributed by atoms with Crippen LogP contribution in [0.15, 0.2) is 41.9 Å². The van der Waals surface area contributed by atoms with E-state index in [9.17, 15) is 9.90 Å². The van der Waals surface area contributed by atoms with Crippen LogP contribution in [-0.2, 0) is 6.54 Å². The van der Waals surface area contributed by atoms with E-state index in [0.29, 0.717) is 12.1 Å². The highest BCUT2D eigenvalue weighted by Crippen LogP contribution is 2.23. The largest absolute Gasteiger partial charge is 0.391 e. The predicted octanol–water partition coefficient (Wildman–Crippen LogP) is 4.25. The van der Waals surface area contributed by atoms with Crippen molar-refractivity contribution in [3.63, 3.8) is 0 Å². The monoisotopic (exact) mass is 395 g/mol. The average molecular weight is 396 g/mol. The van der Waals surface area contributed by atoms with Crippen LogP contribution in [-0.4, -0.2) is 28.1 Å². The van der Waals surface area contributed by atoms with Crippen molar-refractivity contribution in [3.8, 4) is 0 Å². The molecule has 1 saturated carbocycles. The van der Waals surface area contributed by atoms with Crippen molar-refractivity contribution in [1.82, 2.24) is 10.3 Å². The van der Waals surface area contributed by atoms with Gasteiger partial charge in [0.25, 0.3) is 5.91 Å². The number of nitrogens with zero attached hydrogens (tertiary/aromatic N) is 1. The number of aryl methyl sites for hydroxylation is 1. The number of aromatic nitrogens is 1. The van der Waals surface area contributed by atoms with Crippen molar-refractivity contribution in [1.29, 1.82) is 0 Å². The second kappa shape index (κ2) is 8.29. The lowest BCUT2D eigenvalue weighted by molar-refractivity contribution is 0.0717. The van der Waals surface area contributed by atoms with Crippen LogP contribution in [0.1, 0.15) is 47.2 Å². The van der Waals surface area contributed by atoms with E-state index in [1.165, 1.54) is 4.70 Å². The number of rotatable bonds is 5. The number of amides is 1. The summed E-state index contributed by atoms with van der Waals surface area (Å²) < 4.78 is 1.18. The van der Waals surface area contributed by atoms with Gasteiger partial charge in [-0.15, -0.1) is 11.3 Å². The van der Waals surface area contributed by atoms with E-state index in [0.717, 1.165) is 48.0 Å². The van der Waals surface area contributed by atoms with E-state index >= 15 is 0 Å². The van der Waals surface area contributed by atoms with Crippen molar-refractivity contribution >= 4 is 33.1 Å². The maximum Gasteiger partial charge on any atom is 0.251 e. The molecule has 0 unspecified atom stereocenters. The minimum absolute atomic E-state index is 0.129. The molecule has 0 aliphatic heterocycles. The Labute approximate surface area is 168 Å². The van der Waals surface area contributed by atoms with E-state index < -0.39 is 6.10 Å². The number of aliphatic hydroxyl groups is 1. The highest BCUT2D eigenvalue weighted by molar-refractivity contribution is 7.17. The number of thiophene rings is 1. The first-order valence-electron chi connectivity index (χ1n) is 9.76. The summed E-state index contributed by atoms with van der Waals surface area (Å²) in [6.45, 7) is 2.67. The van der Waals surface area contributed by atoms with Crippen LogP contribution >= 0.6 is 11.3 Å². The third-order valence-electron chi connectivity index (χ3n) is 5.39. The molecular formula is C22H25N3O2S. The first-order valence-corrected chi connectivity index (χ1v) is 10.6. The Hall–Kier alpha value is -2.44. The Morgan fingerprint density at radius 3 is 2.96 bits per heavy atom. The topological polar surface area (TPSA) is 74.2 Å². The molecule has 146 valence electrons.